The smallest absolute Gasteiger partial charge is 0.123 e. The summed E-state index contributed by atoms with van der Waals surface area (Å²) < 4.78 is 124. The highest BCUT2D eigenvalue weighted by atomic mass is 79.9. The van der Waals surface area contributed by atoms with Crippen LogP contribution >= 0.6 is 63.7 Å². The summed E-state index contributed by atoms with van der Waals surface area (Å²) in [4.78, 5) is 0. The Hall–Kier alpha value is -11.4. The molecule has 0 radical (unpaired) electrons. The van der Waals surface area contributed by atoms with Gasteiger partial charge in [-0.1, -0.05) is 202 Å². The van der Waals surface area contributed by atoms with E-state index in [1.807, 2.05) is 133 Å². The molecule has 32 rings (SSSR count). The lowest BCUT2D eigenvalue weighted by atomic mass is 9.94. The first-order chi connectivity index (χ1) is 70.3. The Labute approximate surface area is 887 Å². The zero-order valence-corrected chi connectivity index (χ0v) is 93.6. The quantitative estimate of drug-likeness (QED) is 0.0261. The van der Waals surface area contributed by atoms with Crippen molar-refractivity contribution in [2.75, 3.05) is 148 Å². The van der Waals surface area contributed by atoms with Crippen LogP contribution in [0.2, 0.25) is 0 Å². The van der Waals surface area contributed by atoms with Crippen molar-refractivity contribution in [2.24, 2.45) is 0 Å². The Kier molecular flexibility index (Phi) is 46.4. The molecule has 772 valence electrons. The lowest BCUT2D eigenvalue weighted by Gasteiger charge is -2.21. The second-order valence-corrected chi connectivity index (χ2v) is 38.4. The van der Waals surface area contributed by atoms with Crippen molar-refractivity contribution in [3.05, 3.63) is 304 Å². The molecule has 20 aliphatic carbocycles. The second kappa shape index (κ2) is 59.2. The highest BCUT2D eigenvalue weighted by Crippen LogP contribution is 2.48. The van der Waals surface area contributed by atoms with Crippen LogP contribution in [0.3, 0.4) is 0 Å². The topological polar surface area (TPSA) is 185 Å². The molecule has 20 nitrogen and oxygen atoms in total. The molecule has 0 amide bonds. The third-order valence-electron chi connectivity index (χ3n) is 25.9. The van der Waals surface area contributed by atoms with Gasteiger partial charge in [-0.15, -0.1) is 0 Å². The van der Waals surface area contributed by atoms with Gasteiger partial charge < -0.3 is 94.7 Å². The number of ether oxygens (including phenoxy) is 20. The summed E-state index contributed by atoms with van der Waals surface area (Å²) in [6.07, 6.45) is 21.6. The average Bonchev–Trinajstić information content (AvgIpc) is 1.07. The van der Waals surface area contributed by atoms with Crippen LogP contribution < -0.4 is 94.7 Å². The molecule has 0 fully saturated rings. The Balaban J connectivity index is 0.000000234. The molecule has 0 heterocycles. The number of alkyl halides is 4. The van der Waals surface area contributed by atoms with E-state index in [4.69, 9.17) is 94.7 Å². The van der Waals surface area contributed by atoms with Gasteiger partial charge in [-0.3, -0.25) is 0 Å². The van der Waals surface area contributed by atoms with E-state index in [2.05, 4.69) is 126 Å². The molecule has 20 aliphatic rings. The largest absolute Gasteiger partial charge is 0.496 e. The van der Waals surface area contributed by atoms with Gasteiger partial charge in [0.15, 0.2) is 0 Å². The molecule has 0 aromatic heterocycles. The number of rotatable bonds is 40. The molecular formula is C120H144Br4O20. The molecular weight excluding hydrogens is 2080 g/mol. The summed E-state index contributed by atoms with van der Waals surface area (Å²) >= 11 is 14.0. The summed E-state index contributed by atoms with van der Waals surface area (Å²) in [5, 5.41) is 3.67. The summed E-state index contributed by atoms with van der Waals surface area (Å²) in [5.41, 5.74) is 20.6. The fourth-order valence-electron chi connectivity index (χ4n) is 18.4. The van der Waals surface area contributed by atoms with Gasteiger partial charge >= 0.3 is 0 Å². The van der Waals surface area contributed by atoms with Crippen molar-refractivity contribution in [3.63, 3.8) is 0 Å². The van der Waals surface area contributed by atoms with Crippen molar-refractivity contribution in [1.29, 1.82) is 0 Å². The molecule has 20 bridgehead atoms. The minimum atomic E-state index is 0.374. The van der Waals surface area contributed by atoms with Crippen molar-refractivity contribution in [1.82, 2.24) is 0 Å². The van der Waals surface area contributed by atoms with Gasteiger partial charge in [0.05, 0.1) is 127 Å². The van der Waals surface area contributed by atoms with E-state index in [0.29, 0.717) is 193 Å². The minimum Gasteiger partial charge on any atom is -0.496 e. The molecule has 0 aliphatic heterocycles. The van der Waals surface area contributed by atoms with E-state index in [0.717, 1.165) is 145 Å². The number of halogens is 4. The standard InChI is InChI=1S/2C52H55BrO10.2C8H17Br/c2*1-54-43-23-35-17-37-25-49(60-7)39(27-47(37)58-5)19-41-30-52(63-31-32-12-10-9-11-13-32)42(29-51(41)62-15-14-53)20-40-28-48(59-6)38(26-50(40)61-8)18-36-24-44(55-2)34(22-46(36)57-4)16-33(43)21-45(35)56-3;2*1-2-3-4-5-6-7-8-9/h2*9-13,21-30H,14-20,31H2,1-8H3;2*2-8H2,1H3. The number of hydrogen-bond acceptors (Lipinski definition) is 20. The van der Waals surface area contributed by atoms with E-state index >= 15 is 0 Å². The highest BCUT2D eigenvalue weighted by Gasteiger charge is 2.29. The van der Waals surface area contributed by atoms with E-state index in [1.165, 1.54) is 87.7 Å². The van der Waals surface area contributed by atoms with Crippen molar-refractivity contribution >= 4 is 63.7 Å². The Bertz CT molecular complexity index is 5690. The van der Waals surface area contributed by atoms with Crippen LogP contribution in [0.1, 0.15) is 213 Å². The number of hydrogen-bond donors (Lipinski definition) is 0. The van der Waals surface area contributed by atoms with Gasteiger partial charge in [-0.25, -0.2) is 0 Å². The van der Waals surface area contributed by atoms with E-state index in [1.54, 1.807) is 114 Å². The van der Waals surface area contributed by atoms with Crippen molar-refractivity contribution < 1.29 is 94.7 Å². The average molecular weight is 2230 g/mol. The normalized spacial score (nSPS) is 11.8. The fraction of sp³-hybridized carbons (Fsp3) is 0.400. The summed E-state index contributed by atoms with van der Waals surface area (Å²) in [5.74, 6) is 14.3. The van der Waals surface area contributed by atoms with E-state index < -0.39 is 0 Å². The van der Waals surface area contributed by atoms with E-state index in [-0.39, 0.29) is 0 Å². The molecule has 0 saturated carbocycles. The third kappa shape index (κ3) is 30.8. The molecule has 0 spiro atoms. The SMILES string of the molecule is CCCCCCCCBr.CCCCCCCCBr.COc1cc2c(OC)cc1Cc1cc(OC)c(cc1OC)Cc1cc(OC)c(cc1OC)Cc1cc(OCCBr)c(cc1OCc1ccccc1)Cc1cc(OC)c(cc1OC)C2.COc1cc2c(OC)cc1Cc1cc(OC)c(cc1OC)Cc1cc(OC)c(cc1OC)Cc1cc(OCCBr)c(cc1OCc1ccccc1)Cc1cc(OC)c(cc1OC)C2. The Morgan fingerprint density at radius 2 is 0.306 bits per heavy atom. The zero-order valence-electron chi connectivity index (χ0n) is 87.2. The summed E-state index contributed by atoms with van der Waals surface area (Å²) in [7, 11) is 26.9. The number of methoxy groups -OCH3 is 16. The molecule has 0 atom stereocenters. The van der Waals surface area contributed by atoms with Gasteiger partial charge in [0.1, 0.15) is 128 Å². The predicted octanol–water partition coefficient (Wildman–Crippen LogP) is 28.2. The highest BCUT2D eigenvalue weighted by molar-refractivity contribution is 9.09. The van der Waals surface area contributed by atoms with Crippen molar-refractivity contribution in [2.45, 2.75) is 168 Å². The maximum absolute atomic E-state index is 6.71. The van der Waals surface area contributed by atoms with Crippen LogP contribution in [0.25, 0.3) is 0 Å². The minimum absolute atomic E-state index is 0.374. The molecule has 12 aromatic rings. The van der Waals surface area contributed by atoms with Crippen LogP contribution in [0.5, 0.6) is 115 Å². The number of unbranched alkanes of at least 4 members (excludes halogenated alkanes) is 10. The van der Waals surface area contributed by atoms with Gasteiger partial charge in [0.2, 0.25) is 0 Å². The third-order valence-corrected chi connectivity index (χ3v) is 27.7. The van der Waals surface area contributed by atoms with Crippen molar-refractivity contribution in [3.8, 4) is 115 Å². The molecule has 12 aromatic carbocycles. The first-order valence-corrected chi connectivity index (χ1v) is 53.9. The van der Waals surface area contributed by atoms with E-state index in [9.17, 15) is 0 Å². The Morgan fingerprint density at radius 1 is 0.167 bits per heavy atom. The fourth-order valence-corrected chi connectivity index (χ4v) is 19.5. The van der Waals surface area contributed by atoms with Crippen LogP contribution in [0, 0.1) is 0 Å². The van der Waals surface area contributed by atoms with Gasteiger partial charge in [0, 0.05) is 197 Å². The molecule has 0 N–H and O–H groups in total. The second-order valence-electron chi connectivity index (χ2n) is 35.2. The summed E-state index contributed by atoms with van der Waals surface area (Å²) in [6, 6.07) is 61.2. The van der Waals surface area contributed by atoms with Gasteiger partial charge in [-0.05, 0) is 145 Å². The van der Waals surface area contributed by atoms with Crippen LogP contribution in [-0.2, 0) is 77.4 Å². The lowest BCUT2D eigenvalue weighted by Crippen LogP contribution is -2.07. The monoisotopic (exact) mass is 2220 g/mol. The molecule has 24 heteroatoms. The molecule has 144 heavy (non-hydrogen) atoms. The van der Waals surface area contributed by atoms with Gasteiger partial charge in [0.25, 0.3) is 0 Å². The molecule has 0 saturated heterocycles. The van der Waals surface area contributed by atoms with Gasteiger partial charge in [-0.2, -0.15) is 0 Å². The maximum Gasteiger partial charge on any atom is 0.123 e. The van der Waals surface area contributed by atoms with Crippen LogP contribution in [-0.4, -0.2) is 148 Å². The maximum atomic E-state index is 6.71. The van der Waals surface area contributed by atoms with Crippen LogP contribution in [0.4, 0.5) is 0 Å². The summed E-state index contributed by atoms with van der Waals surface area (Å²) in [6.45, 7) is 6.18. The molecule has 0 unspecified atom stereocenters. The lowest BCUT2D eigenvalue weighted by molar-refractivity contribution is 0.300. The predicted molar refractivity (Wildman–Crippen MR) is 592 cm³/mol. The first kappa shape index (κ1) is 113. The first-order valence-electron chi connectivity index (χ1n) is 49.4. The Morgan fingerprint density at radius 3 is 0.451 bits per heavy atom. The zero-order chi connectivity index (χ0) is 103. The van der Waals surface area contributed by atoms with Crippen LogP contribution in [0.15, 0.2) is 182 Å². The number of benzene rings is 12.